The second kappa shape index (κ2) is 9.11. The number of thioether (sulfide) groups is 1. The van der Waals surface area contributed by atoms with Gasteiger partial charge < -0.3 is 10.6 Å². The molecule has 0 bridgehead atoms. The van der Waals surface area contributed by atoms with Gasteiger partial charge >= 0.3 is 0 Å². The van der Waals surface area contributed by atoms with E-state index in [-0.39, 0.29) is 17.6 Å². The number of aromatic nitrogens is 3. The summed E-state index contributed by atoms with van der Waals surface area (Å²) in [5.74, 6) is -0.293. The monoisotopic (exact) mass is 429 g/mol. The van der Waals surface area contributed by atoms with Crippen LogP contribution in [0.1, 0.15) is 18.1 Å². The Balaban J connectivity index is 1.70. The lowest BCUT2D eigenvalue weighted by atomic mass is 10.2. The van der Waals surface area contributed by atoms with E-state index in [1.807, 2.05) is 44.2 Å². The van der Waals surface area contributed by atoms with Gasteiger partial charge in [-0.25, -0.2) is 0 Å². The number of halogens is 1. The molecule has 0 unspecified atom stereocenters. The zero-order valence-electron chi connectivity index (χ0n) is 16.2. The summed E-state index contributed by atoms with van der Waals surface area (Å²) in [5.41, 5.74) is 3.87. The molecule has 1 aromatic heterocycles. The van der Waals surface area contributed by atoms with Gasteiger partial charge in [-0.3, -0.25) is 14.2 Å². The van der Waals surface area contributed by atoms with Crippen molar-refractivity contribution >= 4 is 46.6 Å². The van der Waals surface area contributed by atoms with Crippen molar-refractivity contribution in [1.29, 1.82) is 0 Å². The average molecular weight is 430 g/mol. The van der Waals surface area contributed by atoms with Crippen molar-refractivity contribution in [3.8, 4) is 5.69 Å². The van der Waals surface area contributed by atoms with Gasteiger partial charge in [-0.2, -0.15) is 0 Å². The second-order valence-electron chi connectivity index (χ2n) is 6.48. The Kier molecular flexibility index (Phi) is 6.56. The molecule has 0 saturated carbocycles. The van der Waals surface area contributed by atoms with Crippen LogP contribution in [0.2, 0.25) is 5.02 Å². The van der Waals surface area contributed by atoms with Crippen LogP contribution < -0.4 is 10.6 Å². The van der Waals surface area contributed by atoms with Crippen molar-refractivity contribution in [2.24, 2.45) is 0 Å². The van der Waals surface area contributed by atoms with Crippen molar-refractivity contribution < 1.29 is 9.59 Å². The molecular weight excluding hydrogens is 410 g/mol. The molecule has 0 saturated heterocycles. The molecule has 2 aromatic carbocycles. The standard InChI is InChI=1S/C20H20ClN5O2S/c1-12-4-7-17(23-14(3)27)18(8-12)24-19(28)10-29-20-25-22-11-26(20)15-6-5-13(2)16(21)9-15/h4-9,11H,10H2,1-3H3,(H,23,27)(H,24,28). The fourth-order valence-corrected chi connectivity index (χ4v) is 3.51. The van der Waals surface area contributed by atoms with E-state index in [2.05, 4.69) is 20.8 Å². The highest BCUT2D eigenvalue weighted by atomic mass is 35.5. The third-order valence-corrected chi connectivity index (χ3v) is 5.39. The van der Waals surface area contributed by atoms with Crippen LogP contribution in [-0.2, 0) is 9.59 Å². The molecule has 0 spiro atoms. The number of anilines is 2. The molecule has 0 fully saturated rings. The first-order chi connectivity index (χ1) is 13.8. The molecule has 9 heteroatoms. The van der Waals surface area contributed by atoms with Crippen LogP contribution in [0, 0.1) is 13.8 Å². The molecule has 0 radical (unpaired) electrons. The summed E-state index contributed by atoms with van der Waals surface area (Å²) in [5, 5.41) is 14.8. The van der Waals surface area contributed by atoms with Crippen LogP contribution in [0.15, 0.2) is 47.9 Å². The zero-order chi connectivity index (χ0) is 21.0. The van der Waals surface area contributed by atoms with Crippen molar-refractivity contribution in [2.45, 2.75) is 25.9 Å². The number of hydrogen-bond acceptors (Lipinski definition) is 5. The van der Waals surface area contributed by atoms with E-state index in [0.717, 1.165) is 16.8 Å². The van der Waals surface area contributed by atoms with Crippen LogP contribution in [-0.4, -0.2) is 32.3 Å². The summed E-state index contributed by atoms with van der Waals surface area (Å²) in [6, 6.07) is 11.1. The molecule has 3 rings (SSSR count). The maximum Gasteiger partial charge on any atom is 0.234 e. The van der Waals surface area contributed by atoms with Crippen molar-refractivity contribution in [2.75, 3.05) is 16.4 Å². The molecule has 0 aliphatic rings. The molecule has 2 N–H and O–H groups in total. The Morgan fingerprint density at radius 2 is 1.90 bits per heavy atom. The number of rotatable bonds is 6. The van der Waals surface area contributed by atoms with E-state index in [9.17, 15) is 9.59 Å². The molecule has 7 nitrogen and oxygen atoms in total. The summed E-state index contributed by atoms with van der Waals surface area (Å²) in [7, 11) is 0. The first kappa shape index (κ1) is 20.9. The van der Waals surface area contributed by atoms with Crippen molar-refractivity contribution in [1.82, 2.24) is 14.8 Å². The van der Waals surface area contributed by atoms with Gasteiger partial charge in [0.1, 0.15) is 6.33 Å². The maximum atomic E-state index is 12.5. The van der Waals surface area contributed by atoms with Crippen molar-refractivity contribution in [3.05, 3.63) is 58.9 Å². The Hall–Kier alpha value is -2.84. The lowest BCUT2D eigenvalue weighted by molar-refractivity contribution is -0.115. The van der Waals surface area contributed by atoms with E-state index in [4.69, 9.17) is 11.6 Å². The molecule has 0 aliphatic heterocycles. The number of carbonyl (C=O) groups excluding carboxylic acids is 2. The number of benzene rings is 2. The van der Waals surface area contributed by atoms with Gasteiger partial charge in [0.15, 0.2) is 5.16 Å². The Bertz CT molecular complexity index is 1070. The first-order valence-corrected chi connectivity index (χ1v) is 10.2. The van der Waals surface area contributed by atoms with Gasteiger partial charge in [0, 0.05) is 11.9 Å². The minimum atomic E-state index is -0.219. The molecule has 0 atom stereocenters. The number of aryl methyl sites for hydroxylation is 2. The Morgan fingerprint density at radius 1 is 1.10 bits per heavy atom. The topological polar surface area (TPSA) is 88.9 Å². The molecule has 150 valence electrons. The number of hydrogen-bond donors (Lipinski definition) is 2. The van der Waals surface area contributed by atoms with E-state index < -0.39 is 0 Å². The van der Waals surface area contributed by atoms with Crippen molar-refractivity contribution in [3.63, 3.8) is 0 Å². The molecule has 2 amide bonds. The summed E-state index contributed by atoms with van der Waals surface area (Å²) in [4.78, 5) is 23.9. The van der Waals surface area contributed by atoms with E-state index in [1.165, 1.54) is 18.7 Å². The predicted octanol–water partition coefficient (Wildman–Crippen LogP) is 4.23. The summed E-state index contributed by atoms with van der Waals surface area (Å²) >= 11 is 7.47. The molecular formula is C20H20ClN5O2S. The molecule has 0 aliphatic carbocycles. The normalized spacial score (nSPS) is 10.6. The molecule has 1 heterocycles. The maximum absolute atomic E-state index is 12.5. The first-order valence-electron chi connectivity index (χ1n) is 8.81. The van der Waals surface area contributed by atoms with Crippen LogP contribution >= 0.6 is 23.4 Å². The third kappa shape index (κ3) is 5.36. The minimum absolute atomic E-state index is 0.131. The number of nitrogens with one attached hydrogen (secondary N) is 2. The smallest absolute Gasteiger partial charge is 0.234 e. The van der Waals surface area contributed by atoms with E-state index >= 15 is 0 Å². The quantitative estimate of drug-likeness (QED) is 0.572. The van der Waals surface area contributed by atoms with Gasteiger partial charge in [-0.15, -0.1) is 10.2 Å². The van der Waals surface area contributed by atoms with Gasteiger partial charge in [0.25, 0.3) is 0 Å². The number of nitrogens with zero attached hydrogens (tertiary/aromatic N) is 3. The zero-order valence-corrected chi connectivity index (χ0v) is 17.8. The fraction of sp³-hybridized carbons (Fsp3) is 0.200. The number of carbonyl (C=O) groups is 2. The highest BCUT2D eigenvalue weighted by molar-refractivity contribution is 7.99. The highest BCUT2D eigenvalue weighted by Gasteiger charge is 2.13. The van der Waals surface area contributed by atoms with Gasteiger partial charge in [-0.05, 0) is 49.2 Å². The number of amides is 2. The van der Waals surface area contributed by atoms with Crippen LogP contribution in [0.3, 0.4) is 0 Å². The summed E-state index contributed by atoms with van der Waals surface area (Å²) < 4.78 is 1.78. The van der Waals surface area contributed by atoms with Crippen LogP contribution in [0.5, 0.6) is 0 Å². The fourth-order valence-electron chi connectivity index (χ4n) is 2.61. The van der Waals surface area contributed by atoms with E-state index in [1.54, 1.807) is 17.0 Å². The second-order valence-corrected chi connectivity index (χ2v) is 7.83. The van der Waals surface area contributed by atoms with Crippen LogP contribution in [0.4, 0.5) is 11.4 Å². The predicted molar refractivity (Wildman–Crippen MR) is 116 cm³/mol. The summed E-state index contributed by atoms with van der Waals surface area (Å²) in [6.07, 6.45) is 1.58. The minimum Gasteiger partial charge on any atom is -0.325 e. The molecule has 29 heavy (non-hydrogen) atoms. The van der Waals surface area contributed by atoms with E-state index in [0.29, 0.717) is 21.6 Å². The molecule has 3 aromatic rings. The Morgan fingerprint density at radius 3 is 2.62 bits per heavy atom. The highest BCUT2D eigenvalue weighted by Crippen LogP contribution is 2.26. The van der Waals surface area contributed by atoms with Gasteiger partial charge in [0.05, 0.1) is 22.8 Å². The average Bonchev–Trinajstić information content (AvgIpc) is 3.13. The third-order valence-electron chi connectivity index (χ3n) is 4.04. The largest absolute Gasteiger partial charge is 0.325 e. The van der Waals surface area contributed by atoms with Gasteiger partial charge in [-0.1, -0.05) is 35.5 Å². The lowest BCUT2D eigenvalue weighted by Gasteiger charge is -2.12. The Labute approximate surface area is 177 Å². The summed E-state index contributed by atoms with van der Waals surface area (Å²) in [6.45, 7) is 5.27. The van der Waals surface area contributed by atoms with Gasteiger partial charge in [0.2, 0.25) is 11.8 Å². The lowest BCUT2D eigenvalue weighted by Crippen LogP contribution is -2.17. The van der Waals surface area contributed by atoms with Crippen LogP contribution in [0.25, 0.3) is 5.69 Å². The SMILES string of the molecule is CC(=O)Nc1ccc(C)cc1NC(=O)CSc1nncn1-c1ccc(C)c(Cl)c1.